The van der Waals surface area contributed by atoms with Gasteiger partial charge in [0.1, 0.15) is 0 Å². The molecule has 0 spiro atoms. The van der Waals surface area contributed by atoms with Crippen LogP contribution in [0.3, 0.4) is 0 Å². The van der Waals surface area contributed by atoms with Gasteiger partial charge in [-0.3, -0.25) is 0 Å². The number of benzene rings is 1. The highest BCUT2D eigenvalue weighted by atomic mass is 32.2. The van der Waals surface area contributed by atoms with Crippen molar-refractivity contribution in [3.05, 3.63) is 29.8 Å². The first-order chi connectivity index (χ1) is 9.99. The summed E-state index contributed by atoms with van der Waals surface area (Å²) < 4.78 is 26.8. The topological polar surface area (TPSA) is 66.4 Å². The third-order valence-electron chi connectivity index (χ3n) is 2.88. The molecule has 1 aromatic carbocycles. The zero-order valence-corrected chi connectivity index (χ0v) is 13.9. The van der Waals surface area contributed by atoms with Crippen LogP contribution >= 0.6 is 11.8 Å². The molecule has 0 saturated heterocycles. The summed E-state index contributed by atoms with van der Waals surface area (Å²) in [5, 5.41) is 9.07. The van der Waals surface area contributed by atoms with E-state index in [9.17, 15) is 8.42 Å². The molecule has 0 radical (unpaired) electrons. The fourth-order valence-corrected chi connectivity index (χ4v) is 2.94. The first-order valence-electron chi connectivity index (χ1n) is 6.72. The van der Waals surface area contributed by atoms with E-state index in [1.807, 2.05) is 6.26 Å². The highest BCUT2D eigenvalue weighted by Crippen LogP contribution is 2.12. The van der Waals surface area contributed by atoms with Gasteiger partial charge in [-0.15, -0.1) is 0 Å². The molecule has 0 fully saturated rings. The van der Waals surface area contributed by atoms with Crippen molar-refractivity contribution in [3.63, 3.8) is 0 Å². The van der Waals surface area contributed by atoms with E-state index in [0.717, 1.165) is 12.0 Å². The monoisotopic (exact) mass is 327 g/mol. The number of thioether (sulfide) groups is 1. The number of aliphatic hydroxyl groups excluding tert-OH is 1. The molecule has 0 heterocycles. The maximum absolute atomic E-state index is 12.1. The molecule has 1 aromatic rings. The summed E-state index contributed by atoms with van der Waals surface area (Å²) >= 11 is 1.71. The van der Waals surface area contributed by atoms with Crippen LogP contribution in [0.2, 0.25) is 0 Å². The van der Waals surface area contributed by atoms with Crippen molar-refractivity contribution in [1.29, 1.82) is 0 Å². The molecule has 4 nitrogen and oxygen atoms in total. The van der Waals surface area contributed by atoms with Crippen LogP contribution in [0.15, 0.2) is 29.2 Å². The Kier molecular flexibility index (Phi) is 7.83. The van der Waals surface area contributed by atoms with E-state index in [1.165, 1.54) is 0 Å². The highest BCUT2D eigenvalue weighted by Gasteiger charge is 2.13. The number of hydrogen-bond acceptors (Lipinski definition) is 4. The van der Waals surface area contributed by atoms with Crippen LogP contribution in [0.1, 0.15) is 25.3 Å². The largest absolute Gasteiger partial charge is 0.395 e. The second-order valence-corrected chi connectivity index (χ2v) is 7.58. The summed E-state index contributed by atoms with van der Waals surface area (Å²) in [4.78, 5) is 0.243. The van der Waals surface area contributed by atoms with Gasteiger partial charge in [-0.25, -0.2) is 13.1 Å². The lowest BCUT2D eigenvalue weighted by Gasteiger charge is -2.10. The molecule has 1 unspecified atom stereocenters. The molecule has 0 aliphatic heterocycles. The molecule has 0 aliphatic rings. The summed E-state index contributed by atoms with van der Waals surface area (Å²) in [6, 6.07) is 6.43. The van der Waals surface area contributed by atoms with Gasteiger partial charge < -0.3 is 5.11 Å². The number of hydrogen-bond donors (Lipinski definition) is 2. The fraction of sp³-hybridized carbons (Fsp3) is 0.467. The Labute approximate surface area is 131 Å². The smallest absolute Gasteiger partial charge is 0.240 e. The minimum absolute atomic E-state index is 0.0256. The van der Waals surface area contributed by atoms with E-state index in [4.69, 9.17) is 5.11 Å². The molecule has 116 valence electrons. The molecule has 1 atom stereocenters. The third kappa shape index (κ3) is 6.53. The van der Waals surface area contributed by atoms with Gasteiger partial charge in [0.15, 0.2) is 0 Å². The first kappa shape index (κ1) is 18.1. The molecule has 0 bridgehead atoms. The van der Waals surface area contributed by atoms with Gasteiger partial charge in [0, 0.05) is 23.8 Å². The molecule has 0 saturated carbocycles. The maximum atomic E-state index is 12.1. The maximum Gasteiger partial charge on any atom is 0.240 e. The summed E-state index contributed by atoms with van der Waals surface area (Å²) in [5.74, 6) is 5.66. The van der Waals surface area contributed by atoms with Crippen molar-refractivity contribution < 1.29 is 13.5 Å². The Balaban J connectivity index is 2.65. The van der Waals surface area contributed by atoms with Crippen LogP contribution in [0, 0.1) is 11.8 Å². The molecule has 0 amide bonds. The van der Waals surface area contributed by atoms with E-state index >= 15 is 0 Å². The Morgan fingerprint density at radius 1 is 1.33 bits per heavy atom. The second kappa shape index (κ2) is 9.11. The zero-order chi connectivity index (χ0) is 15.7. The highest BCUT2D eigenvalue weighted by molar-refractivity contribution is 7.99. The lowest BCUT2D eigenvalue weighted by molar-refractivity contribution is 0.305. The van der Waals surface area contributed by atoms with E-state index in [2.05, 4.69) is 23.5 Å². The average Bonchev–Trinajstić information content (AvgIpc) is 2.47. The second-order valence-electron chi connectivity index (χ2n) is 4.53. The van der Waals surface area contributed by atoms with Crippen molar-refractivity contribution in [1.82, 2.24) is 4.72 Å². The predicted octanol–water partition coefficient (Wildman–Crippen LogP) is 1.84. The van der Waals surface area contributed by atoms with Crippen LogP contribution in [0.5, 0.6) is 0 Å². The normalized spacial score (nSPS) is 12.5. The van der Waals surface area contributed by atoms with Crippen LogP contribution < -0.4 is 4.72 Å². The van der Waals surface area contributed by atoms with E-state index in [-0.39, 0.29) is 11.5 Å². The molecule has 21 heavy (non-hydrogen) atoms. The Bertz CT molecular complexity index is 586. The summed E-state index contributed by atoms with van der Waals surface area (Å²) in [7, 11) is -3.45. The Hall–Kier alpha value is -1.00. The van der Waals surface area contributed by atoms with Gasteiger partial charge in [-0.2, -0.15) is 11.8 Å². The van der Waals surface area contributed by atoms with Crippen molar-refractivity contribution >= 4 is 21.8 Å². The van der Waals surface area contributed by atoms with Gasteiger partial charge in [-0.05, 0) is 36.9 Å². The van der Waals surface area contributed by atoms with Gasteiger partial charge in [0.05, 0.1) is 11.5 Å². The van der Waals surface area contributed by atoms with Crippen LogP contribution in [0.4, 0.5) is 0 Å². The lowest BCUT2D eigenvalue weighted by atomic mass is 10.2. The molecule has 6 heteroatoms. The number of rotatable bonds is 7. The predicted molar refractivity (Wildman–Crippen MR) is 87.8 cm³/mol. The van der Waals surface area contributed by atoms with Crippen molar-refractivity contribution in [2.24, 2.45) is 0 Å². The molecular formula is C15H21NO3S2. The SMILES string of the molecule is CSC(C)CCNS(=O)(=O)c1ccc(C#CCCO)cc1. The van der Waals surface area contributed by atoms with Gasteiger partial charge in [0.25, 0.3) is 0 Å². The minimum atomic E-state index is -3.45. The number of aliphatic hydroxyl groups is 1. The molecule has 1 rings (SSSR count). The van der Waals surface area contributed by atoms with E-state index in [0.29, 0.717) is 18.2 Å². The van der Waals surface area contributed by atoms with Crippen molar-refractivity contribution in [3.8, 4) is 11.8 Å². The van der Waals surface area contributed by atoms with Crippen LogP contribution in [-0.4, -0.2) is 38.2 Å². The van der Waals surface area contributed by atoms with Crippen LogP contribution in [0.25, 0.3) is 0 Å². The summed E-state index contributed by atoms with van der Waals surface area (Å²) in [6.45, 7) is 2.53. The zero-order valence-electron chi connectivity index (χ0n) is 12.3. The molecule has 2 N–H and O–H groups in total. The van der Waals surface area contributed by atoms with Crippen molar-refractivity contribution in [2.75, 3.05) is 19.4 Å². The minimum Gasteiger partial charge on any atom is -0.395 e. The fourth-order valence-electron chi connectivity index (χ4n) is 1.54. The van der Waals surface area contributed by atoms with Gasteiger partial charge >= 0.3 is 0 Å². The van der Waals surface area contributed by atoms with E-state index in [1.54, 1.807) is 36.0 Å². The number of nitrogens with one attached hydrogen (secondary N) is 1. The van der Waals surface area contributed by atoms with Crippen LogP contribution in [-0.2, 0) is 10.0 Å². The van der Waals surface area contributed by atoms with Crippen molar-refractivity contribution in [2.45, 2.75) is 29.9 Å². The third-order valence-corrected chi connectivity index (χ3v) is 5.40. The Morgan fingerprint density at radius 3 is 2.57 bits per heavy atom. The molecule has 0 aliphatic carbocycles. The lowest BCUT2D eigenvalue weighted by Crippen LogP contribution is -2.26. The number of sulfonamides is 1. The average molecular weight is 327 g/mol. The first-order valence-corrected chi connectivity index (χ1v) is 9.49. The molecular weight excluding hydrogens is 306 g/mol. The Morgan fingerprint density at radius 2 is 2.00 bits per heavy atom. The quantitative estimate of drug-likeness (QED) is 0.750. The molecule has 0 aromatic heterocycles. The van der Waals surface area contributed by atoms with Gasteiger partial charge in [0.2, 0.25) is 10.0 Å². The summed E-state index contributed by atoms with van der Waals surface area (Å²) in [5.41, 5.74) is 0.735. The summed E-state index contributed by atoms with van der Waals surface area (Å²) in [6.07, 6.45) is 3.22. The van der Waals surface area contributed by atoms with Gasteiger partial charge in [-0.1, -0.05) is 18.8 Å². The van der Waals surface area contributed by atoms with E-state index < -0.39 is 10.0 Å². The standard InChI is InChI=1S/C15H21NO3S2/c1-13(20-2)10-11-16-21(18,19)15-8-6-14(7-9-15)5-3-4-12-17/h6-9,13,16-17H,4,10-12H2,1-2H3.